The van der Waals surface area contributed by atoms with Gasteiger partial charge in [-0.1, -0.05) is 0 Å². The molecular weight excluding hydrogens is 465 g/mol. The quantitative estimate of drug-likeness (QED) is 0.620. The molecule has 1 aromatic heterocycles. The maximum Gasteiger partial charge on any atom is 0.410 e. The minimum Gasteiger partial charge on any atom is -0.506 e. The highest BCUT2D eigenvalue weighted by molar-refractivity contribution is 9.10. The van der Waals surface area contributed by atoms with Crippen molar-refractivity contribution in [1.82, 2.24) is 9.88 Å². The number of nitrogens with zero attached hydrogens (tertiary/aromatic N) is 3. The van der Waals surface area contributed by atoms with Gasteiger partial charge in [-0.3, -0.25) is 9.88 Å². The molecule has 2 aliphatic heterocycles. The molecule has 31 heavy (non-hydrogen) atoms. The maximum absolute atomic E-state index is 14.0. The molecular formula is C23H27BrFN3O3. The molecule has 2 bridgehead atoms. The number of phenols is 1. The number of aryl methyl sites for hydroxylation is 1. The van der Waals surface area contributed by atoms with Gasteiger partial charge in [0.15, 0.2) is 0 Å². The summed E-state index contributed by atoms with van der Waals surface area (Å²) in [5, 5.41) is 10.4. The van der Waals surface area contributed by atoms with Gasteiger partial charge >= 0.3 is 6.09 Å². The van der Waals surface area contributed by atoms with Crippen molar-refractivity contribution in [3.8, 4) is 16.9 Å². The summed E-state index contributed by atoms with van der Waals surface area (Å²) in [5.41, 5.74) is 2.28. The van der Waals surface area contributed by atoms with Gasteiger partial charge in [0.1, 0.15) is 17.2 Å². The number of carbonyl (C=O) groups is 1. The third-order valence-corrected chi connectivity index (χ3v) is 6.43. The van der Waals surface area contributed by atoms with Crippen molar-refractivity contribution in [2.24, 2.45) is 0 Å². The fourth-order valence-corrected chi connectivity index (χ4v) is 4.92. The molecule has 4 rings (SSSR count). The molecule has 2 aliphatic rings. The third kappa shape index (κ3) is 4.35. The Morgan fingerprint density at radius 3 is 2.48 bits per heavy atom. The van der Waals surface area contributed by atoms with Crippen LogP contribution in [0.25, 0.3) is 11.1 Å². The zero-order chi connectivity index (χ0) is 22.5. The molecule has 8 heteroatoms. The van der Waals surface area contributed by atoms with Gasteiger partial charge in [0.2, 0.25) is 0 Å². The molecule has 6 nitrogen and oxygen atoms in total. The summed E-state index contributed by atoms with van der Waals surface area (Å²) in [4.78, 5) is 21.4. The molecule has 2 unspecified atom stereocenters. The van der Waals surface area contributed by atoms with Gasteiger partial charge in [0.05, 0.1) is 27.9 Å². The number of aromatic hydroxyl groups is 1. The number of aromatic nitrogens is 1. The number of rotatable bonds is 2. The SMILES string of the molecule is Cc1ncc(-c2cc(F)cc(Br)c2O)cc1N1CC2CCC(C1)N2C(=O)OC(C)(C)C. The third-order valence-electron chi connectivity index (χ3n) is 5.83. The lowest BCUT2D eigenvalue weighted by Crippen LogP contribution is -2.57. The maximum atomic E-state index is 14.0. The van der Waals surface area contributed by atoms with Crippen molar-refractivity contribution >= 4 is 27.7 Å². The van der Waals surface area contributed by atoms with E-state index in [1.807, 2.05) is 38.7 Å². The van der Waals surface area contributed by atoms with Crippen LogP contribution in [0.1, 0.15) is 39.3 Å². The summed E-state index contributed by atoms with van der Waals surface area (Å²) >= 11 is 3.20. The van der Waals surface area contributed by atoms with Crippen LogP contribution in [-0.2, 0) is 4.74 Å². The van der Waals surface area contributed by atoms with Gasteiger partial charge in [-0.2, -0.15) is 0 Å². The van der Waals surface area contributed by atoms with E-state index in [-0.39, 0.29) is 23.9 Å². The average molecular weight is 492 g/mol. The Kier molecular flexibility index (Phi) is 5.62. The smallest absolute Gasteiger partial charge is 0.410 e. The first-order valence-electron chi connectivity index (χ1n) is 10.4. The number of halogens is 2. The second-order valence-corrected chi connectivity index (χ2v) is 10.1. The molecule has 2 fully saturated rings. The van der Waals surface area contributed by atoms with Gasteiger partial charge in [-0.15, -0.1) is 0 Å². The van der Waals surface area contributed by atoms with E-state index in [0.29, 0.717) is 28.7 Å². The fourth-order valence-electron chi connectivity index (χ4n) is 4.49. The van der Waals surface area contributed by atoms with Crippen LogP contribution in [0.5, 0.6) is 5.75 Å². The van der Waals surface area contributed by atoms with E-state index in [9.17, 15) is 14.3 Å². The lowest BCUT2D eigenvalue weighted by molar-refractivity contribution is 0.0123. The first kappa shape index (κ1) is 21.9. The van der Waals surface area contributed by atoms with E-state index in [4.69, 9.17) is 4.74 Å². The zero-order valence-corrected chi connectivity index (χ0v) is 19.7. The highest BCUT2D eigenvalue weighted by atomic mass is 79.9. The number of amides is 1. The molecule has 1 aromatic carbocycles. The van der Waals surface area contributed by atoms with Crippen molar-refractivity contribution in [3.63, 3.8) is 0 Å². The van der Waals surface area contributed by atoms with Crippen molar-refractivity contribution in [2.75, 3.05) is 18.0 Å². The van der Waals surface area contributed by atoms with E-state index in [2.05, 4.69) is 25.8 Å². The first-order chi connectivity index (χ1) is 14.5. The summed E-state index contributed by atoms with van der Waals surface area (Å²) in [5.74, 6) is -0.460. The predicted molar refractivity (Wildman–Crippen MR) is 121 cm³/mol. The Bertz CT molecular complexity index is 1010. The van der Waals surface area contributed by atoms with Gasteiger partial charge in [0, 0.05) is 30.4 Å². The van der Waals surface area contributed by atoms with Crippen LogP contribution in [-0.4, -0.2) is 51.9 Å². The number of phenolic OH excluding ortho intramolecular Hbond substituents is 1. The van der Waals surface area contributed by atoms with Gasteiger partial charge in [-0.25, -0.2) is 9.18 Å². The number of anilines is 1. The number of benzene rings is 1. The molecule has 2 aromatic rings. The number of ether oxygens (including phenoxy) is 1. The Morgan fingerprint density at radius 2 is 1.87 bits per heavy atom. The molecule has 1 N–H and O–H groups in total. The Labute approximate surface area is 190 Å². The van der Waals surface area contributed by atoms with Crippen LogP contribution in [0.2, 0.25) is 0 Å². The monoisotopic (exact) mass is 491 g/mol. The molecule has 3 heterocycles. The number of fused-ring (bicyclic) bond motifs is 2. The van der Waals surface area contributed by atoms with Crippen LogP contribution in [0.3, 0.4) is 0 Å². The lowest BCUT2D eigenvalue weighted by atomic mass is 10.0. The standard InChI is InChI=1S/C23H27BrFN3O3/c1-13-20(7-14(10-26-13)18-8-15(25)9-19(24)21(18)29)27-11-16-5-6-17(12-27)28(16)22(30)31-23(2,3)4/h7-10,16-17,29H,5-6,11-12H2,1-4H3. The molecule has 0 aliphatic carbocycles. The molecule has 0 spiro atoms. The fraction of sp³-hybridized carbons (Fsp3) is 0.478. The number of hydrogen-bond donors (Lipinski definition) is 1. The summed E-state index contributed by atoms with van der Waals surface area (Å²) in [6.45, 7) is 8.93. The summed E-state index contributed by atoms with van der Waals surface area (Å²) in [6, 6.07) is 4.63. The second kappa shape index (κ2) is 7.97. The number of hydrogen-bond acceptors (Lipinski definition) is 5. The highest BCUT2D eigenvalue weighted by Crippen LogP contribution is 2.39. The van der Waals surface area contributed by atoms with Crippen LogP contribution in [0.15, 0.2) is 28.9 Å². The molecule has 2 atom stereocenters. The Hall–Kier alpha value is -2.35. The van der Waals surface area contributed by atoms with E-state index >= 15 is 0 Å². The predicted octanol–water partition coefficient (Wildman–Crippen LogP) is 5.25. The minimum absolute atomic E-state index is 0.0205. The van der Waals surface area contributed by atoms with E-state index in [0.717, 1.165) is 24.2 Å². The van der Waals surface area contributed by atoms with E-state index in [1.54, 1.807) is 6.20 Å². The number of pyridine rings is 1. The van der Waals surface area contributed by atoms with E-state index < -0.39 is 11.4 Å². The van der Waals surface area contributed by atoms with Crippen molar-refractivity contribution in [1.29, 1.82) is 0 Å². The molecule has 2 saturated heterocycles. The first-order valence-corrected chi connectivity index (χ1v) is 11.2. The summed E-state index contributed by atoms with van der Waals surface area (Å²) in [6.07, 6.45) is 3.26. The van der Waals surface area contributed by atoms with Crippen molar-refractivity contribution < 1.29 is 19.0 Å². The minimum atomic E-state index is -0.524. The van der Waals surface area contributed by atoms with Gasteiger partial charge < -0.3 is 14.7 Å². The molecule has 0 radical (unpaired) electrons. The lowest BCUT2D eigenvalue weighted by Gasteiger charge is -2.42. The number of carbonyl (C=O) groups excluding carboxylic acids is 1. The van der Waals surface area contributed by atoms with Crippen molar-refractivity contribution in [2.45, 2.75) is 58.2 Å². The van der Waals surface area contributed by atoms with Crippen LogP contribution >= 0.6 is 15.9 Å². The molecule has 1 amide bonds. The normalized spacial score (nSPS) is 20.8. The zero-order valence-electron chi connectivity index (χ0n) is 18.2. The van der Waals surface area contributed by atoms with Crippen LogP contribution in [0.4, 0.5) is 14.9 Å². The Morgan fingerprint density at radius 1 is 1.23 bits per heavy atom. The van der Waals surface area contributed by atoms with Gasteiger partial charge in [-0.05, 0) is 74.7 Å². The number of piperazine rings is 1. The summed E-state index contributed by atoms with van der Waals surface area (Å²) < 4.78 is 19.9. The van der Waals surface area contributed by atoms with Crippen molar-refractivity contribution in [3.05, 3.63) is 40.4 Å². The van der Waals surface area contributed by atoms with E-state index in [1.165, 1.54) is 12.1 Å². The van der Waals surface area contributed by atoms with Crippen LogP contribution in [0, 0.1) is 12.7 Å². The topological polar surface area (TPSA) is 65.9 Å². The Balaban J connectivity index is 1.61. The average Bonchev–Trinajstić information content (AvgIpc) is 2.94. The van der Waals surface area contributed by atoms with Gasteiger partial charge in [0.25, 0.3) is 0 Å². The largest absolute Gasteiger partial charge is 0.506 e. The second-order valence-electron chi connectivity index (χ2n) is 9.29. The van der Waals surface area contributed by atoms with Crippen LogP contribution < -0.4 is 4.90 Å². The molecule has 166 valence electrons. The highest BCUT2D eigenvalue weighted by Gasteiger charge is 2.44. The summed E-state index contributed by atoms with van der Waals surface area (Å²) in [7, 11) is 0. The molecule has 0 saturated carbocycles.